The van der Waals surface area contributed by atoms with Gasteiger partial charge in [-0.2, -0.15) is 0 Å². The number of hydrogen-bond acceptors (Lipinski definition) is 3. The molecule has 0 radical (unpaired) electrons. The summed E-state index contributed by atoms with van der Waals surface area (Å²) in [4.78, 5) is 11.2. The Hall–Kier alpha value is -1.39. The molecule has 0 fully saturated rings. The first kappa shape index (κ1) is 12.7. The van der Waals surface area contributed by atoms with Crippen LogP contribution in [0, 0.1) is 20.8 Å². The first-order valence-electron chi connectivity index (χ1n) is 5.28. The molecule has 0 aromatic heterocycles. The van der Waals surface area contributed by atoms with E-state index in [9.17, 15) is 4.79 Å². The van der Waals surface area contributed by atoms with Crippen molar-refractivity contribution in [3.8, 4) is 0 Å². The van der Waals surface area contributed by atoms with E-state index in [1.165, 1.54) is 11.1 Å². The molecule has 0 heterocycles. The Morgan fingerprint density at radius 3 is 2.38 bits per heavy atom. The Morgan fingerprint density at radius 1 is 1.25 bits per heavy atom. The van der Waals surface area contributed by atoms with Crippen molar-refractivity contribution in [1.82, 2.24) is 5.43 Å². The normalized spacial score (nSPS) is 12.3. The number of hydrogen-bond donors (Lipinski definition) is 3. The predicted octanol–water partition coefficient (Wildman–Crippen LogP) is 0.472. The van der Waals surface area contributed by atoms with Gasteiger partial charge >= 0.3 is 0 Å². The summed E-state index contributed by atoms with van der Waals surface area (Å²) in [5, 5.41) is 0. The van der Waals surface area contributed by atoms with Crippen LogP contribution in [-0.4, -0.2) is 11.9 Å². The largest absolute Gasteiger partial charge is 0.320 e. The number of aryl methyl sites for hydroxylation is 3. The number of rotatable bonds is 3. The highest BCUT2D eigenvalue weighted by Crippen LogP contribution is 2.16. The van der Waals surface area contributed by atoms with Crippen LogP contribution in [0.25, 0.3) is 0 Å². The third-order valence-electron chi connectivity index (χ3n) is 2.87. The highest BCUT2D eigenvalue weighted by Gasteiger charge is 2.14. The average molecular weight is 221 g/mol. The van der Waals surface area contributed by atoms with Crippen LogP contribution in [0.5, 0.6) is 0 Å². The highest BCUT2D eigenvalue weighted by atomic mass is 16.2. The molecule has 1 rings (SSSR count). The molecule has 1 unspecified atom stereocenters. The van der Waals surface area contributed by atoms with Crippen LogP contribution in [0.4, 0.5) is 0 Å². The van der Waals surface area contributed by atoms with E-state index in [2.05, 4.69) is 24.5 Å². The number of nitrogens with one attached hydrogen (secondary N) is 1. The topological polar surface area (TPSA) is 81.1 Å². The average Bonchev–Trinajstić information content (AvgIpc) is 2.24. The first-order chi connectivity index (χ1) is 7.45. The second-order valence-electron chi connectivity index (χ2n) is 4.18. The highest BCUT2D eigenvalue weighted by molar-refractivity contribution is 5.81. The van der Waals surface area contributed by atoms with Crippen molar-refractivity contribution < 1.29 is 4.79 Å². The molecule has 0 bridgehead atoms. The fraction of sp³-hybridized carbons (Fsp3) is 0.417. The Labute approximate surface area is 96.0 Å². The van der Waals surface area contributed by atoms with Crippen LogP contribution in [0.1, 0.15) is 22.3 Å². The Kier molecular flexibility index (Phi) is 4.04. The summed E-state index contributed by atoms with van der Waals surface area (Å²) in [6.07, 6.45) is 0.510. The van der Waals surface area contributed by atoms with Gasteiger partial charge in [-0.15, -0.1) is 0 Å². The standard InChI is InChI=1S/C12H19N3O/c1-7-4-9(3)10(5-8(7)2)6-11(13)12(16)15-14/h4-5,11H,6,13-14H2,1-3H3,(H,15,16). The van der Waals surface area contributed by atoms with E-state index in [0.29, 0.717) is 6.42 Å². The van der Waals surface area contributed by atoms with E-state index >= 15 is 0 Å². The summed E-state index contributed by atoms with van der Waals surface area (Å²) in [7, 11) is 0. The Morgan fingerprint density at radius 2 is 1.81 bits per heavy atom. The molecule has 0 saturated heterocycles. The van der Waals surface area contributed by atoms with Crippen molar-refractivity contribution in [3.63, 3.8) is 0 Å². The van der Waals surface area contributed by atoms with E-state index in [1.807, 2.05) is 13.8 Å². The van der Waals surface area contributed by atoms with Crippen LogP contribution >= 0.6 is 0 Å². The zero-order valence-corrected chi connectivity index (χ0v) is 10.0. The summed E-state index contributed by atoms with van der Waals surface area (Å²) in [5.74, 6) is 4.70. The number of amides is 1. The van der Waals surface area contributed by atoms with Crippen LogP contribution in [-0.2, 0) is 11.2 Å². The molecule has 0 aliphatic rings. The lowest BCUT2D eigenvalue weighted by Crippen LogP contribution is -2.45. The van der Waals surface area contributed by atoms with Gasteiger partial charge in [0.25, 0.3) is 5.91 Å². The van der Waals surface area contributed by atoms with Crippen molar-refractivity contribution >= 4 is 5.91 Å². The van der Waals surface area contributed by atoms with E-state index in [1.54, 1.807) is 0 Å². The van der Waals surface area contributed by atoms with Crippen LogP contribution in [0.15, 0.2) is 12.1 Å². The van der Waals surface area contributed by atoms with Gasteiger partial charge in [-0.25, -0.2) is 5.84 Å². The van der Waals surface area contributed by atoms with Crippen molar-refractivity contribution in [3.05, 3.63) is 34.4 Å². The van der Waals surface area contributed by atoms with Gasteiger partial charge in [0.1, 0.15) is 0 Å². The second-order valence-corrected chi connectivity index (χ2v) is 4.18. The molecule has 5 N–H and O–H groups in total. The van der Waals surface area contributed by atoms with Crippen LogP contribution in [0.3, 0.4) is 0 Å². The number of benzene rings is 1. The monoisotopic (exact) mass is 221 g/mol. The number of hydrazine groups is 1. The fourth-order valence-electron chi connectivity index (χ4n) is 1.68. The minimum Gasteiger partial charge on any atom is -0.320 e. The van der Waals surface area contributed by atoms with E-state index in [-0.39, 0.29) is 5.91 Å². The lowest BCUT2D eigenvalue weighted by Gasteiger charge is -2.13. The lowest BCUT2D eigenvalue weighted by atomic mass is 9.96. The smallest absolute Gasteiger partial charge is 0.251 e. The minimum absolute atomic E-state index is 0.336. The summed E-state index contributed by atoms with van der Waals surface area (Å²) >= 11 is 0. The second kappa shape index (κ2) is 5.09. The van der Waals surface area contributed by atoms with E-state index < -0.39 is 6.04 Å². The maximum atomic E-state index is 11.2. The van der Waals surface area contributed by atoms with Crippen molar-refractivity contribution in [2.75, 3.05) is 0 Å². The molecule has 4 nitrogen and oxygen atoms in total. The molecule has 0 spiro atoms. The van der Waals surface area contributed by atoms with E-state index in [4.69, 9.17) is 11.6 Å². The predicted molar refractivity (Wildman–Crippen MR) is 64.7 cm³/mol. The molecular weight excluding hydrogens is 202 g/mol. The number of carbonyl (C=O) groups excluding carboxylic acids is 1. The Balaban J connectivity index is 2.89. The van der Waals surface area contributed by atoms with Gasteiger partial charge in [0.15, 0.2) is 0 Å². The summed E-state index contributed by atoms with van der Waals surface area (Å²) < 4.78 is 0. The van der Waals surface area contributed by atoms with Crippen LogP contribution in [0.2, 0.25) is 0 Å². The molecule has 88 valence electrons. The van der Waals surface area contributed by atoms with Gasteiger partial charge < -0.3 is 5.73 Å². The summed E-state index contributed by atoms with van der Waals surface area (Å²) in [6, 6.07) is 3.59. The molecule has 0 saturated carbocycles. The molecule has 1 amide bonds. The molecule has 16 heavy (non-hydrogen) atoms. The first-order valence-corrected chi connectivity index (χ1v) is 5.28. The van der Waals surface area contributed by atoms with Gasteiger partial charge in [0.2, 0.25) is 0 Å². The Bertz CT molecular complexity index is 401. The third-order valence-corrected chi connectivity index (χ3v) is 2.87. The van der Waals surface area contributed by atoms with Gasteiger partial charge in [-0.05, 0) is 49.4 Å². The van der Waals surface area contributed by atoms with Gasteiger partial charge in [0.05, 0.1) is 6.04 Å². The summed E-state index contributed by atoms with van der Waals surface area (Å²) in [5.41, 5.74) is 12.5. The fourth-order valence-corrected chi connectivity index (χ4v) is 1.68. The van der Waals surface area contributed by atoms with Crippen molar-refractivity contribution in [2.24, 2.45) is 11.6 Å². The SMILES string of the molecule is Cc1cc(C)c(CC(N)C(=O)NN)cc1C. The number of carbonyl (C=O) groups is 1. The zero-order chi connectivity index (χ0) is 12.3. The third kappa shape index (κ3) is 2.81. The van der Waals surface area contributed by atoms with Crippen molar-refractivity contribution in [2.45, 2.75) is 33.2 Å². The molecule has 1 atom stereocenters. The molecular formula is C12H19N3O. The minimum atomic E-state index is -0.592. The maximum Gasteiger partial charge on any atom is 0.251 e. The van der Waals surface area contributed by atoms with Crippen molar-refractivity contribution in [1.29, 1.82) is 0 Å². The molecule has 4 heteroatoms. The van der Waals surface area contributed by atoms with E-state index in [0.717, 1.165) is 11.1 Å². The molecule has 0 aliphatic heterocycles. The lowest BCUT2D eigenvalue weighted by molar-refractivity contribution is -0.122. The van der Waals surface area contributed by atoms with Gasteiger partial charge in [0, 0.05) is 0 Å². The van der Waals surface area contributed by atoms with Crippen LogP contribution < -0.4 is 17.0 Å². The number of nitrogens with two attached hydrogens (primary N) is 2. The van der Waals surface area contributed by atoms with Gasteiger partial charge in [-0.1, -0.05) is 12.1 Å². The molecule has 1 aromatic carbocycles. The zero-order valence-electron chi connectivity index (χ0n) is 10.0. The molecule has 0 aliphatic carbocycles. The maximum absolute atomic E-state index is 11.2. The quantitative estimate of drug-likeness (QED) is 0.394. The molecule has 1 aromatic rings. The van der Waals surface area contributed by atoms with Gasteiger partial charge in [-0.3, -0.25) is 10.2 Å². The summed E-state index contributed by atoms with van der Waals surface area (Å²) in [6.45, 7) is 6.14.